The highest BCUT2D eigenvalue weighted by Gasteiger charge is 2.43. The van der Waals surface area contributed by atoms with E-state index < -0.39 is 10.0 Å². The predicted molar refractivity (Wildman–Crippen MR) is 109 cm³/mol. The average molecular weight is 397 g/mol. The first-order valence-electron chi connectivity index (χ1n) is 9.78. The molecule has 3 heterocycles. The lowest BCUT2D eigenvalue weighted by Crippen LogP contribution is -2.48. The van der Waals surface area contributed by atoms with Gasteiger partial charge in [0.05, 0.1) is 12.2 Å². The normalized spacial score (nSPS) is 19.8. The van der Waals surface area contributed by atoms with Gasteiger partial charge in [-0.25, -0.2) is 8.42 Å². The molecule has 0 bridgehead atoms. The molecular formula is C22H24N2O3S. The second-order valence-corrected chi connectivity index (χ2v) is 9.64. The molecule has 5 nitrogen and oxygen atoms in total. The van der Waals surface area contributed by atoms with Crippen molar-refractivity contribution in [3.8, 4) is 0 Å². The summed E-state index contributed by atoms with van der Waals surface area (Å²) in [6, 6.07) is 18.0. The van der Waals surface area contributed by atoms with Gasteiger partial charge in [0.1, 0.15) is 0 Å². The third-order valence-electron chi connectivity index (χ3n) is 6.30. The zero-order valence-corrected chi connectivity index (χ0v) is 16.8. The molecule has 0 aliphatic carbocycles. The van der Waals surface area contributed by atoms with E-state index in [-0.39, 0.29) is 5.60 Å². The Kier molecular flexibility index (Phi) is 4.12. The van der Waals surface area contributed by atoms with E-state index in [9.17, 15) is 8.42 Å². The summed E-state index contributed by atoms with van der Waals surface area (Å²) in [5.74, 6) is 0. The lowest BCUT2D eigenvalue weighted by Gasteiger charge is -2.44. The van der Waals surface area contributed by atoms with Gasteiger partial charge in [-0.05, 0) is 42.5 Å². The first-order chi connectivity index (χ1) is 13.5. The van der Waals surface area contributed by atoms with Gasteiger partial charge in [0, 0.05) is 31.0 Å². The summed E-state index contributed by atoms with van der Waals surface area (Å²) in [4.78, 5) is 0. The molecule has 146 valence electrons. The van der Waals surface area contributed by atoms with Crippen molar-refractivity contribution in [1.29, 1.82) is 0 Å². The average Bonchev–Trinajstić information content (AvgIpc) is 3.07. The summed E-state index contributed by atoms with van der Waals surface area (Å²) in [6.45, 7) is 1.64. The van der Waals surface area contributed by atoms with Crippen molar-refractivity contribution in [2.24, 2.45) is 7.05 Å². The van der Waals surface area contributed by atoms with E-state index in [1.807, 2.05) is 37.4 Å². The molecular weight excluding hydrogens is 372 g/mol. The van der Waals surface area contributed by atoms with Crippen LogP contribution in [0.4, 0.5) is 0 Å². The maximum Gasteiger partial charge on any atom is 0.258 e. The van der Waals surface area contributed by atoms with Gasteiger partial charge in [0.2, 0.25) is 0 Å². The Labute approximate surface area is 165 Å². The number of hydrogen-bond donors (Lipinski definition) is 0. The summed E-state index contributed by atoms with van der Waals surface area (Å²) in [6.07, 6.45) is 2.30. The minimum atomic E-state index is -3.55. The van der Waals surface area contributed by atoms with E-state index in [2.05, 4.69) is 18.2 Å². The number of para-hydroxylation sites is 1. The zero-order chi connectivity index (χ0) is 19.4. The zero-order valence-electron chi connectivity index (χ0n) is 16.0. The minimum absolute atomic E-state index is 0.347. The van der Waals surface area contributed by atoms with Crippen LogP contribution in [0.15, 0.2) is 59.6 Å². The number of piperidine rings is 1. The van der Waals surface area contributed by atoms with Crippen molar-refractivity contribution in [2.45, 2.75) is 29.9 Å². The maximum absolute atomic E-state index is 13.4. The Morgan fingerprint density at radius 1 is 1.00 bits per heavy atom. The Bertz CT molecular complexity index is 1140. The van der Waals surface area contributed by atoms with Crippen LogP contribution in [-0.4, -0.2) is 37.0 Å². The van der Waals surface area contributed by atoms with Gasteiger partial charge in [0.15, 0.2) is 5.03 Å². The topological polar surface area (TPSA) is 51.5 Å². The van der Waals surface area contributed by atoms with Crippen LogP contribution in [0.1, 0.15) is 24.0 Å². The fourth-order valence-electron chi connectivity index (χ4n) is 4.76. The van der Waals surface area contributed by atoms with Crippen LogP contribution in [0, 0.1) is 0 Å². The molecule has 0 radical (unpaired) electrons. The number of sulfonamides is 1. The lowest BCUT2D eigenvalue weighted by atomic mass is 9.80. The number of aryl methyl sites for hydroxylation is 1. The molecule has 0 unspecified atom stereocenters. The van der Waals surface area contributed by atoms with Gasteiger partial charge in [-0.3, -0.25) is 0 Å². The van der Waals surface area contributed by atoms with Crippen LogP contribution in [0.25, 0.3) is 10.9 Å². The van der Waals surface area contributed by atoms with E-state index >= 15 is 0 Å². The van der Waals surface area contributed by atoms with Crippen molar-refractivity contribution in [2.75, 3.05) is 19.7 Å². The quantitative estimate of drug-likeness (QED) is 0.667. The summed E-state index contributed by atoms with van der Waals surface area (Å²) in [7, 11) is -1.73. The van der Waals surface area contributed by atoms with Crippen molar-refractivity contribution in [1.82, 2.24) is 8.87 Å². The molecule has 6 heteroatoms. The molecule has 2 aliphatic heterocycles. The summed E-state index contributed by atoms with van der Waals surface area (Å²) in [5.41, 5.74) is 3.15. The maximum atomic E-state index is 13.4. The van der Waals surface area contributed by atoms with Crippen LogP contribution < -0.4 is 0 Å². The first-order valence-corrected chi connectivity index (χ1v) is 11.2. The predicted octanol–water partition coefficient (Wildman–Crippen LogP) is 3.43. The Morgan fingerprint density at radius 3 is 2.50 bits per heavy atom. The number of fused-ring (bicyclic) bond motifs is 3. The molecule has 2 aromatic carbocycles. The molecule has 28 heavy (non-hydrogen) atoms. The largest absolute Gasteiger partial charge is 0.370 e. The van der Waals surface area contributed by atoms with Gasteiger partial charge in [-0.2, -0.15) is 4.31 Å². The molecule has 3 aromatic rings. The van der Waals surface area contributed by atoms with Gasteiger partial charge in [-0.1, -0.05) is 42.5 Å². The highest BCUT2D eigenvalue weighted by Crippen LogP contribution is 2.42. The Hall–Kier alpha value is -2.15. The molecule has 0 amide bonds. The molecule has 0 saturated carbocycles. The van der Waals surface area contributed by atoms with Gasteiger partial charge < -0.3 is 9.30 Å². The van der Waals surface area contributed by atoms with Crippen molar-refractivity contribution in [3.05, 3.63) is 65.7 Å². The van der Waals surface area contributed by atoms with Gasteiger partial charge in [0.25, 0.3) is 10.0 Å². The summed E-state index contributed by atoms with van der Waals surface area (Å²) < 4.78 is 36.4. The van der Waals surface area contributed by atoms with E-state index in [0.29, 0.717) is 37.6 Å². The Morgan fingerprint density at radius 2 is 1.71 bits per heavy atom. The number of benzene rings is 2. The second-order valence-electron chi connectivity index (χ2n) is 7.75. The van der Waals surface area contributed by atoms with Crippen LogP contribution in [0.5, 0.6) is 0 Å². The third kappa shape index (κ3) is 2.63. The highest BCUT2D eigenvalue weighted by molar-refractivity contribution is 7.89. The van der Waals surface area contributed by atoms with Crippen molar-refractivity contribution in [3.63, 3.8) is 0 Å². The molecule has 5 rings (SSSR count). The number of hydrogen-bond acceptors (Lipinski definition) is 3. The fraction of sp³-hybridized carbons (Fsp3) is 0.364. The number of nitrogens with zero attached hydrogens (tertiary/aromatic N) is 2. The van der Waals surface area contributed by atoms with E-state index in [1.54, 1.807) is 14.9 Å². The number of rotatable bonds is 2. The Balaban J connectivity index is 1.45. The molecule has 1 fully saturated rings. The molecule has 1 saturated heterocycles. The first kappa shape index (κ1) is 17.9. The van der Waals surface area contributed by atoms with Crippen molar-refractivity contribution >= 4 is 20.9 Å². The number of aromatic nitrogens is 1. The monoisotopic (exact) mass is 396 g/mol. The smallest absolute Gasteiger partial charge is 0.258 e. The van der Waals surface area contributed by atoms with Crippen LogP contribution in [0.3, 0.4) is 0 Å². The highest BCUT2D eigenvalue weighted by atomic mass is 32.2. The second kappa shape index (κ2) is 6.44. The number of ether oxygens (including phenoxy) is 1. The summed E-state index contributed by atoms with van der Waals surface area (Å²) in [5, 5.41) is 1.30. The summed E-state index contributed by atoms with van der Waals surface area (Å²) >= 11 is 0. The van der Waals surface area contributed by atoms with Crippen LogP contribution >= 0.6 is 0 Å². The van der Waals surface area contributed by atoms with Crippen molar-refractivity contribution < 1.29 is 13.2 Å². The minimum Gasteiger partial charge on any atom is -0.370 e. The van der Waals surface area contributed by atoms with Gasteiger partial charge >= 0.3 is 0 Å². The lowest BCUT2D eigenvalue weighted by molar-refractivity contribution is -0.0892. The molecule has 2 aliphatic rings. The SMILES string of the molecule is Cn1c(S(=O)(=O)N2CCC3(CC2)OCCc2ccccc23)cc2ccccc21. The third-order valence-corrected chi connectivity index (χ3v) is 8.27. The molecule has 0 N–H and O–H groups in total. The molecule has 1 spiro atoms. The fourth-order valence-corrected chi connectivity index (χ4v) is 6.41. The van der Waals surface area contributed by atoms with Crippen LogP contribution in [0.2, 0.25) is 0 Å². The van der Waals surface area contributed by atoms with E-state index in [1.165, 1.54) is 11.1 Å². The van der Waals surface area contributed by atoms with E-state index in [0.717, 1.165) is 17.3 Å². The standard InChI is InChI=1S/C22H24N2O3S/c1-23-20-9-5-3-7-18(20)16-21(23)28(25,26)24-13-11-22(12-14-24)19-8-4-2-6-17(19)10-15-27-22/h2-9,16H,10-15H2,1H3. The van der Waals surface area contributed by atoms with Gasteiger partial charge in [-0.15, -0.1) is 0 Å². The van der Waals surface area contributed by atoms with Crippen LogP contribution in [-0.2, 0) is 33.8 Å². The molecule has 0 atom stereocenters. The van der Waals surface area contributed by atoms with E-state index in [4.69, 9.17) is 4.74 Å². The molecule has 1 aromatic heterocycles.